The summed E-state index contributed by atoms with van der Waals surface area (Å²) in [5.74, 6) is -1.19. The van der Waals surface area contributed by atoms with E-state index in [9.17, 15) is 18.4 Å². The average Bonchev–Trinajstić information content (AvgIpc) is 2.58. The predicted molar refractivity (Wildman–Crippen MR) is 102 cm³/mol. The van der Waals surface area contributed by atoms with Gasteiger partial charge < -0.3 is 20.4 Å². The molecule has 2 amide bonds. The van der Waals surface area contributed by atoms with Crippen LogP contribution in [0.2, 0.25) is 0 Å². The van der Waals surface area contributed by atoms with Gasteiger partial charge in [0, 0.05) is 17.2 Å². The molecule has 1 saturated heterocycles. The van der Waals surface area contributed by atoms with Gasteiger partial charge in [-0.1, -0.05) is 0 Å². The molecule has 0 aliphatic carbocycles. The Bertz CT molecular complexity index is 698. The molecule has 0 unspecified atom stereocenters. The van der Waals surface area contributed by atoms with Crippen molar-refractivity contribution in [3.63, 3.8) is 0 Å². The lowest BCUT2D eigenvalue weighted by molar-refractivity contribution is -0.896. The Hall–Kier alpha value is -2.06. The maximum atomic E-state index is 13.8. The second-order valence-corrected chi connectivity index (χ2v) is 8.50. The Morgan fingerprint density at radius 1 is 1.25 bits per heavy atom. The van der Waals surface area contributed by atoms with E-state index in [1.165, 1.54) is 12.1 Å². The summed E-state index contributed by atoms with van der Waals surface area (Å²) >= 11 is 0. The first-order valence-electron chi connectivity index (χ1n) is 9.76. The molecule has 1 aliphatic rings. The highest BCUT2D eigenvalue weighted by Gasteiger charge is 2.27. The summed E-state index contributed by atoms with van der Waals surface area (Å²) in [4.78, 5) is 27.4. The second kappa shape index (κ2) is 9.43. The van der Waals surface area contributed by atoms with Crippen LogP contribution in [0.15, 0.2) is 18.2 Å². The van der Waals surface area contributed by atoms with Gasteiger partial charge in [-0.15, -0.1) is 0 Å². The highest BCUT2D eigenvalue weighted by atomic mass is 19.1. The molecule has 1 aromatic carbocycles. The van der Waals surface area contributed by atoms with E-state index in [2.05, 4.69) is 5.32 Å². The lowest BCUT2D eigenvalue weighted by atomic mass is 10.1. The number of carbonyl (C=O) groups is 2. The molecule has 6 nitrogen and oxygen atoms in total. The number of nitrogens with one attached hydrogen (secondary N) is 2. The minimum atomic E-state index is -0.610. The van der Waals surface area contributed by atoms with Crippen LogP contribution in [0.1, 0.15) is 39.3 Å². The molecule has 0 radical (unpaired) electrons. The van der Waals surface area contributed by atoms with Crippen molar-refractivity contribution in [2.45, 2.75) is 39.3 Å². The molecule has 0 spiro atoms. The fraction of sp³-hybridized carbons (Fsp3) is 0.600. The monoisotopic (exact) mass is 398 g/mol. The van der Waals surface area contributed by atoms with Crippen LogP contribution in [-0.4, -0.2) is 61.5 Å². The zero-order valence-corrected chi connectivity index (χ0v) is 17.1. The SMILES string of the molecule is C[C@H]([NH2+]CC(=O)N1CC[NH+](CC(=O)NC(C)(C)C)CC1)c1ccc(F)cc1F. The zero-order chi connectivity index (χ0) is 20.9. The lowest BCUT2D eigenvalue weighted by Gasteiger charge is -2.32. The Labute approximate surface area is 165 Å². The van der Waals surface area contributed by atoms with Gasteiger partial charge in [0.2, 0.25) is 0 Å². The molecule has 4 N–H and O–H groups in total. The van der Waals surface area contributed by atoms with E-state index in [4.69, 9.17) is 0 Å². The molecule has 1 fully saturated rings. The summed E-state index contributed by atoms with van der Waals surface area (Å²) in [5, 5.41) is 4.72. The van der Waals surface area contributed by atoms with E-state index in [0.29, 0.717) is 25.2 Å². The second-order valence-electron chi connectivity index (χ2n) is 8.50. The first-order valence-corrected chi connectivity index (χ1v) is 9.76. The van der Waals surface area contributed by atoms with Gasteiger partial charge in [0.25, 0.3) is 11.8 Å². The summed E-state index contributed by atoms with van der Waals surface area (Å²) < 4.78 is 26.9. The topological polar surface area (TPSA) is 70.5 Å². The summed E-state index contributed by atoms with van der Waals surface area (Å²) in [7, 11) is 0. The van der Waals surface area contributed by atoms with E-state index in [1.807, 2.05) is 20.8 Å². The molecular formula is C20H32F2N4O2+2. The molecule has 156 valence electrons. The molecule has 0 saturated carbocycles. The van der Waals surface area contributed by atoms with Gasteiger partial charge in [0.1, 0.15) is 17.7 Å². The molecule has 2 rings (SSSR count). The number of quaternary nitrogens is 2. The smallest absolute Gasteiger partial charge is 0.278 e. The number of amides is 2. The minimum Gasteiger partial charge on any atom is -0.347 e. The summed E-state index contributed by atoms with van der Waals surface area (Å²) in [6.07, 6.45) is 0. The van der Waals surface area contributed by atoms with E-state index >= 15 is 0 Å². The molecule has 1 heterocycles. The highest BCUT2D eigenvalue weighted by molar-refractivity contribution is 5.78. The van der Waals surface area contributed by atoms with Crippen molar-refractivity contribution in [3.05, 3.63) is 35.4 Å². The minimum absolute atomic E-state index is 0.00689. The van der Waals surface area contributed by atoms with Crippen LogP contribution in [0.4, 0.5) is 8.78 Å². The third-order valence-electron chi connectivity index (χ3n) is 4.85. The summed E-state index contributed by atoms with van der Waals surface area (Å²) in [6, 6.07) is 3.22. The van der Waals surface area contributed by atoms with Crippen molar-refractivity contribution in [1.29, 1.82) is 0 Å². The van der Waals surface area contributed by atoms with Gasteiger partial charge in [0.05, 0.1) is 26.2 Å². The number of hydrogen-bond donors (Lipinski definition) is 3. The van der Waals surface area contributed by atoms with Crippen LogP contribution >= 0.6 is 0 Å². The van der Waals surface area contributed by atoms with E-state index in [0.717, 1.165) is 24.1 Å². The molecule has 1 atom stereocenters. The molecule has 0 aromatic heterocycles. The van der Waals surface area contributed by atoms with Gasteiger partial charge in [-0.05, 0) is 39.8 Å². The maximum Gasteiger partial charge on any atom is 0.278 e. The van der Waals surface area contributed by atoms with Gasteiger partial charge >= 0.3 is 0 Å². The first-order chi connectivity index (χ1) is 13.0. The third kappa shape index (κ3) is 6.83. The number of carbonyl (C=O) groups excluding carboxylic acids is 2. The standard InChI is InChI=1S/C20H30F2N4O2/c1-14(16-6-5-15(21)11-17(16)22)23-12-19(28)26-9-7-25(8-10-26)13-18(27)24-20(2,3)4/h5-6,11,14,23H,7-10,12-13H2,1-4H3,(H,24,27)/p+2/t14-/m0/s1. The van der Waals surface area contributed by atoms with Gasteiger partial charge in [-0.25, -0.2) is 8.78 Å². The van der Waals surface area contributed by atoms with Crippen LogP contribution < -0.4 is 15.5 Å². The average molecular weight is 398 g/mol. The van der Waals surface area contributed by atoms with Crippen LogP contribution in [0, 0.1) is 11.6 Å². The van der Waals surface area contributed by atoms with Crippen LogP contribution in [0.5, 0.6) is 0 Å². The lowest BCUT2D eigenvalue weighted by Crippen LogP contribution is -3.16. The molecular weight excluding hydrogens is 366 g/mol. The van der Waals surface area contributed by atoms with Crippen LogP contribution in [0.25, 0.3) is 0 Å². The molecule has 1 aromatic rings. The summed E-state index contributed by atoms with van der Waals surface area (Å²) in [6.45, 7) is 10.9. The summed E-state index contributed by atoms with van der Waals surface area (Å²) in [5.41, 5.74) is 0.138. The molecule has 8 heteroatoms. The van der Waals surface area contributed by atoms with Crippen molar-refractivity contribution >= 4 is 11.8 Å². The van der Waals surface area contributed by atoms with Crippen LogP contribution in [-0.2, 0) is 9.59 Å². The normalized spacial score (nSPS) is 16.7. The Balaban J connectivity index is 1.75. The quantitative estimate of drug-likeness (QED) is 0.589. The molecule has 28 heavy (non-hydrogen) atoms. The number of nitrogens with zero attached hydrogens (tertiary/aromatic N) is 1. The fourth-order valence-corrected chi connectivity index (χ4v) is 3.34. The largest absolute Gasteiger partial charge is 0.347 e. The van der Waals surface area contributed by atoms with Crippen molar-refractivity contribution in [2.24, 2.45) is 0 Å². The third-order valence-corrected chi connectivity index (χ3v) is 4.85. The van der Waals surface area contributed by atoms with E-state index in [1.54, 1.807) is 17.1 Å². The van der Waals surface area contributed by atoms with Crippen molar-refractivity contribution in [1.82, 2.24) is 10.2 Å². The Morgan fingerprint density at radius 2 is 1.89 bits per heavy atom. The first kappa shape index (κ1) is 22.2. The Morgan fingerprint density at radius 3 is 2.46 bits per heavy atom. The number of halogens is 2. The predicted octanol–water partition coefficient (Wildman–Crippen LogP) is -0.769. The highest BCUT2D eigenvalue weighted by Crippen LogP contribution is 2.14. The van der Waals surface area contributed by atoms with Crippen molar-refractivity contribution in [2.75, 3.05) is 39.3 Å². The number of nitrogens with two attached hydrogens (primary N) is 1. The molecule has 1 aliphatic heterocycles. The maximum absolute atomic E-state index is 13.8. The fourth-order valence-electron chi connectivity index (χ4n) is 3.34. The number of hydrogen-bond acceptors (Lipinski definition) is 2. The van der Waals surface area contributed by atoms with Crippen LogP contribution in [0.3, 0.4) is 0 Å². The number of rotatable bonds is 6. The van der Waals surface area contributed by atoms with Crippen molar-refractivity contribution < 1.29 is 28.6 Å². The van der Waals surface area contributed by atoms with E-state index < -0.39 is 11.6 Å². The number of piperazine rings is 1. The molecule has 0 bridgehead atoms. The van der Waals surface area contributed by atoms with Gasteiger partial charge in [-0.3, -0.25) is 9.59 Å². The zero-order valence-electron chi connectivity index (χ0n) is 17.1. The Kier molecular flexibility index (Phi) is 7.48. The van der Waals surface area contributed by atoms with Crippen molar-refractivity contribution in [3.8, 4) is 0 Å². The van der Waals surface area contributed by atoms with Gasteiger partial charge in [-0.2, -0.15) is 0 Å². The van der Waals surface area contributed by atoms with Gasteiger partial charge in [0.15, 0.2) is 13.1 Å². The number of benzene rings is 1. The van der Waals surface area contributed by atoms with E-state index in [-0.39, 0.29) is 29.9 Å².